The minimum atomic E-state index is -0.906. The molecule has 0 fully saturated rings. The molecule has 1 atom stereocenters. The Morgan fingerprint density at radius 2 is 2.10 bits per heavy atom. The number of para-hydroxylation sites is 1. The summed E-state index contributed by atoms with van der Waals surface area (Å²) in [6.45, 7) is 0.00368. The number of nitrogens with one attached hydrogen (secondary N) is 1. The van der Waals surface area contributed by atoms with Crippen molar-refractivity contribution in [2.45, 2.75) is 5.38 Å². The monoisotopic (exact) mass is 292 g/mol. The number of aromatic nitrogens is 1. The van der Waals surface area contributed by atoms with E-state index in [4.69, 9.17) is 11.6 Å². The van der Waals surface area contributed by atoms with E-state index in [1.807, 2.05) is 24.3 Å². The molecule has 1 amide bonds. The third-order valence-corrected chi connectivity index (χ3v) is 3.12. The molecule has 1 unspecified atom stereocenters. The molecule has 0 radical (unpaired) electrons. The number of benzene rings is 1. The maximum Gasteiger partial charge on any atom is 0.325 e. The Morgan fingerprint density at radius 1 is 1.35 bits per heavy atom. The van der Waals surface area contributed by atoms with Crippen LogP contribution in [0.4, 0.5) is 0 Å². The van der Waals surface area contributed by atoms with Crippen molar-refractivity contribution in [1.82, 2.24) is 10.3 Å². The topological polar surface area (TPSA) is 68.3 Å². The number of halogens is 1. The van der Waals surface area contributed by atoms with Crippen LogP contribution in [-0.2, 0) is 9.53 Å². The van der Waals surface area contributed by atoms with Crippen LogP contribution in [-0.4, -0.2) is 35.9 Å². The van der Waals surface area contributed by atoms with E-state index >= 15 is 0 Å². The van der Waals surface area contributed by atoms with Crippen LogP contribution in [0.5, 0.6) is 0 Å². The first-order valence-electron chi connectivity index (χ1n) is 5.97. The fourth-order valence-corrected chi connectivity index (χ4v) is 1.95. The van der Waals surface area contributed by atoms with Crippen LogP contribution in [0, 0.1) is 0 Å². The second-order valence-electron chi connectivity index (χ2n) is 4.08. The normalized spacial score (nSPS) is 11.9. The Bertz CT molecular complexity index is 640. The molecular weight excluding hydrogens is 280 g/mol. The fraction of sp³-hybridized carbons (Fsp3) is 0.214. The Hall–Kier alpha value is -2.14. The molecular formula is C14H13ClN2O3. The van der Waals surface area contributed by atoms with Crippen molar-refractivity contribution in [1.29, 1.82) is 0 Å². The molecule has 1 heterocycles. The van der Waals surface area contributed by atoms with Crippen molar-refractivity contribution < 1.29 is 14.3 Å². The number of pyridine rings is 1. The van der Waals surface area contributed by atoms with E-state index in [2.05, 4.69) is 15.0 Å². The molecule has 104 valence electrons. The summed E-state index contributed by atoms with van der Waals surface area (Å²) in [5.41, 5.74) is 1.22. The molecule has 1 aromatic heterocycles. The molecule has 2 aromatic rings. The standard InChI is InChI=1S/C14H13ClN2O3/c1-20-14(19)11(15)8-17-13(18)10-6-7-16-12-5-3-2-4-9(10)12/h2-7,11H,8H2,1H3,(H,17,18). The lowest BCUT2D eigenvalue weighted by molar-refractivity contribution is -0.140. The lowest BCUT2D eigenvalue weighted by Crippen LogP contribution is -2.34. The Labute approximate surface area is 120 Å². The van der Waals surface area contributed by atoms with Crippen molar-refractivity contribution in [2.75, 3.05) is 13.7 Å². The molecule has 0 aliphatic heterocycles. The van der Waals surface area contributed by atoms with Crippen molar-refractivity contribution in [3.05, 3.63) is 42.1 Å². The molecule has 0 aliphatic rings. The van der Waals surface area contributed by atoms with Gasteiger partial charge in [-0.1, -0.05) is 18.2 Å². The predicted molar refractivity (Wildman–Crippen MR) is 75.7 cm³/mol. The summed E-state index contributed by atoms with van der Waals surface area (Å²) in [6, 6.07) is 8.95. The maximum atomic E-state index is 12.1. The zero-order valence-electron chi connectivity index (χ0n) is 10.8. The first kappa shape index (κ1) is 14.3. The zero-order chi connectivity index (χ0) is 14.5. The van der Waals surface area contributed by atoms with Crippen LogP contribution in [0.2, 0.25) is 0 Å². The van der Waals surface area contributed by atoms with Gasteiger partial charge in [-0.3, -0.25) is 14.6 Å². The largest absolute Gasteiger partial charge is 0.468 e. The third-order valence-electron chi connectivity index (χ3n) is 2.79. The number of carbonyl (C=O) groups excluding carboxylic acids is 2. The number of hydrogen-bond acceptors (Lipinski definition) is 4. The van der Waals surface area contributed by atoms with Crippen LogP contribution in [0.25, 0.3) is 10.9 Å². The number of hydrogen-bond donors (Lipinski definition) is 1. The molecule has 0 aliphatic carbocycles. The molecule has 5 nitrogen and oxygen atoms in total. The summed E-state index contributed by atoms with van der Waals surface area (Å²) in [5, 5.41) is 2.45. The second kappa shape index (κ2) is 6.34. The molecule has 20 heavy (non-hydrogen) atoms. The average molecular weight is 293 g/mol. The summed E-state index contributed by atoms with van der Waals surface area (Å²) >= 11 is 5.78. The number of alkyl halides is 1. The highest BCUT2D eigenvalue weighted by Gasteiger charge is 2.17. The highest BCUT2D eigenvalue weighted by atomic mass is 35.5. The summed E-state index contributed by atoms with van der Waals surface area (Å²) in [6.07, 6.45) is 1.57. The highest BCUT2D eigenvalue weighted by molar-refractivity contribution is 6.30. The summed E-state index contributed by atoms with van der Waals surface area (Å²) in [4.78, 5) is 27.5. The van der Waals surface area contributed by atoms with Gasteiger partial charge >= 0.3 is 5.97 Å². The number of methoxy groups -OCH3 is 1. The van der Waals surface area contributed by atoms with E-state index in [0.29, 0.717) is 5.56 Å². The van der Waals surface area contributed by atoms with Gasteiger partial charge in [0.15, 0.2) is 0 Å². The molecule has 1 aromatic carbocycles. The number of nitrogens with zero attached hydrogens (tertiary/aromatic N) is 1. The Morgan fingerprint density at radius 3 is 2.85 bits per heavy atom. The van der Waals surface area contributed by atoms with Gasteiger partial charge in [0.25, 0.3) is 5.91 Å². The minimum absolute atomic E-state index is 0.00368. The van der Waals surface area contributed by atoms with Crippen molar-refractivity contribution in [3.8, 4) is 0 Å². The van der Waals surface area contributed by atoms with E-state index in [-0.39, 0.29) is 12.5 Å². The number of amides is 1. The van der Waals surface area contributed by atoms with Crippen LogP contribution in [0.3, 0.4) is 0 Å². The van der Waals surface area contributed by atoms with Gasteiger partial charge < -0.3 is 10.1 Å². The molecule has 2 rings (SSSR count). The number of fused-ring (bicyclic) bond motifs is 1. The van der Waals surface area contributed by atoms with Crippen molar-refractivity contribution in [3.63, 3.8) is 0 Å². The van der Waals surface area contributed by atoms with Gasteiger partial charge in [0, 0.05) is 18.1 Å². The maximum absolute atomic E-state index is 12.1. The molecule has 0 spiro atoms. The second-order valence-corrected chi connectivity index (χ2v) is 4.60. The quantitative estimate of drug-likeness (QED) is 0.688. The lowest BCUT2D eigenvalue weighted by Gasteiger charge is -2.10. The molecule has 0 saturated heterocycles. The number of rotatable bonds is 4. The lowest BCUT2D eigenvalue weighted by atomic mass is 10.1. The first-order chi connectivity index (χ1) is 9.63. The SMILES string of the molecule is COC(=O)C(Cl)CNC(=O)c1ccnc2ccccc12. The fourth-order valence-electron chi connectivity index (χ4n) is 1.78. The molecule has 0 saturated carbocycles. The molecule has 6 heteroatoms. The Balaban J connectivity index is 2.14. The number of esters is 1. The van der Waals surface area contributed by atoms with Crippen LogP contribution < -0.4 is 5.32 Å². The minimum Gasteiger partial charge on any atom is -0.468 e. The summed E-state index contributed by atoms with van der Waals surface area (Å²) in [5.74, 6) is -0.885. The van der Waals surface area contributed by atoms with Crippen molar-refractivity contribution >= 4 is 34.4 Å². The van der Waals surface area contributed by atoms with E-state index in [0.717, 1.165) is 10.9 Å². The third kappa shape index (κ3) is 3.05. The van der Waals surface area contributed by atoms with E-state index in [1.54, 1.807) is 12.3 Å². The average Bonchev–Trinajstić information content (AvgIpc) is 2.50. The van der Waals surface area contributed by atoms with Crippen LogP contribution in [0.15, 0.2) is 36.5 Å². The van der Waals surface area contributed by atoms with E-state index < -0.39 is 11.3 Å². The van der Waals surface area contributed by atoms with Gasteiger partial charge in [0.1, 0.15) is 5.38 Å². The number of carbonyl (C=O) groups is 2. The molecule has 0 bridgehead atoms. The van der Waals surface area contributed by atoms with Gasteiger partial charge in [-0.2, -0.15) is 0 Å². The van der Waals surface area contributed by atoms with Gasteiger partial charge in [0.05, 0.1) is 18.2 Å². The van der Waals surface area contributed by atoms with Gasteiger partial charge in [-0.15, -0.1) is 11.6 Å². The van der Waals surface area contributed by atoms with Gasteiger partial charge in [-0.25, -0.2) is 0 Å². The predicted octanol–water partition coefficient (Wildman–Crippen LogP) is 1.74. The van der Waals surface area contributed by atoms with Crippen LogP contribution in [0.1, 0.15) is 10.4 Å². The Kier molecular flexibility index (Phi) is 4.53. The van der Waals surface area contributed by atoms with Crippen LogP contribution >= 0.6 is 11.6 Å². The van der Waals surface area contributed by atoms with Gasteiger partial charge in [-0.05, 0) is 12.1 Å². The smallest absolute Gasteiger partial charge is 0.325 e. The highest BCUT2D eigenvalue weighted by Crippen LogP contribution is 2.15. The van der Waals surface area contributed by atoms with E-state index in [1.165, 1.54) is 7.11 Å². The zero-order valence-corrected chi connectivity index (χ0v) is 11.6. The van der Waals surface area contributed by atoms with E-state index in [9.17, 15) is 9.59 Å². The van der Waals surface area contributed by atoms with Crippen molar-refractivity contribution in [2.24, 2.45) is 0 Å². The number of ether oxygens (including phenoxy) is 1. The summed E-state index contributed by atoms with van der Waals surface area (Å²) < 4.78 is 4.49. The summed E-state index contributed by atoms with van der Waals surface area (Å²) in [7, 11) is 1.25. The van der Waals surface area contributed by atoms with Gasteiger partial charge in [0.2, 0.25) is 0 Å². The molecule has 1 N–H and O–H groups in total. The first-order valence-corrected chi connectivity index (χ1v) is 6.41.